The maximum absolute atomic E-state index is 12.9. The molecule has 10 heteroatoms. The fourth-order valence-electron chi connectivity index (χ4n) is 3.57. The predicted molar refractivity (Wildman–Crippen MR) is 113 cm³/mol. The van der Waals surface area contributed by atoms with Crippen molar-refractivity contribution in [3.63, 3.8) is 0 Å². The van der Waals surface area contributed by atoms with Gasteiger partial charge in [0.2, 0.25) is 5.75 Å². The molecule has 0 atom stereocenters. The molecule has 0 unspecified atom stereocenters. The minimum Gasteiger partial charge on any atom is -0.493 e. The van der Waals surface area contributed by atoms with E-state index in [-0.39, 0.29) is 11.5 Å². The van der Waals surface area contributed by atoms with E-state index in [1.54, 1.807) is 12.1 Å². The van der Waals surface area contributed by atoms with Gasteiger partial charge in [0.05, 0.1) is 17.6 Å². The third-order valence-corrected chi connectivity index (χ3v) is 5.47. The highest BCUT2D eigenvalue weighted by Gasteiger charge is 2.33. The van der Waals surface area contributed by atoms with Crippen LogP contribution in [0.15, 0.2) is 36.4 Å². The second-order valence-electron chi connectivity index (χ2n) is 7.77. The Morgan fingerprint density at radius 3 is 2.34 bits per heavy atom. The number of rotatable bonds is 8. The molecule has 7 nitrogen and oxygen atoms in total. The van der Waals surface area contributed by atoms with Gasteiger partial charge in [-0.05, 0) is 56.3 Å². The van der Waals surface area contributed by atoms with Gasteiger partial charge in [-0.1, -0.05) is 6.07 Å². The lowest BCUT2D eigenvalue weighted by Gasteiger charge is -2.32. The summed E-state index contributed by atoms with van der Waals surface area (Å²) >= 11 is 0. The first-order valence-electron chi connectivity index (χ1n) is 10.3. The minimum absolute atomic E-state index is 0.193. The van der Waals surface area contributed by atoms with E-state index in [1.165, 1.54) is 7.11 Å². The number of hydrogen-bond acceptors (Lipinski definition) is 6. The Labute approximate surface area is 184 Å². The zero-order chi connectivity index (χ0) is 23.3. The average Bonchev–Trinajstić information content (AvgIpc) is 2.75. The van der Waals surface area contributed by atoms with Gasteiger partial charge in [0.1, 0.15) is 0 Å². The molecule has 32 heavy (non-hydrogen) atoms. The number of benzene rings is 2. The molecule has 0 amide bonds. The van der Waals surface area contributed by atoms with E-state index in [0.29, 0.717) is 11.8 Å². The molecule has 0 spiro atoms. The van der Waals surface area contributed by atoms with Gasteiger partial charge in [-0.3, -0.25) is 10.1 Å². The molecule has 2 aromatic rings. The SMILES string of the molecule is COc1cc(CCCN2CCN(C)CC2)ccc1Oc1ccc(C(F)(F)F)cc1[N+](=O)[O-]. The molecule has 0 saturated carbocycles. The van der Waals surface area contributed by atoms with Crippen molar-refractivity contribution in [3.05, 3.63) is 57.6 Å². The Bertz CT molecular complexity index is 945. The summed E-state index contributed by atoms with van der Waals surface area (Å²) in [6, 6.07) is 7.40. The van der Waals surface area contributed by atoms with Crippen molar-refractivity contribution in [2.24, 2.45) is 0 Å². The third kappa shape index (κ3) is 6.10. The molecule has 1 saturated heterocycles. The van der Waals surface area contributed by atoms with Crippen LogP contribution in [-0.4, -0.2) is 61.6 Å². The van der Waals surface area contributed by atoms with Gasteiger partial charge < -0.3 is 19.3 Å². The van der Waals surface area contributed by atoms with Crippen LogP contribution in [-0.2, 0) is 12.6 Å². The highest BCUT2D eigenvalue weighted by atomic mass is 19.4. The second-order valence-corrected chi connectivity index (χ2v) is 7.77. The van der Waals surface area contributed by atoms with Crippen molar-refractivity contribution < 1.29 is 27.6 Å². The van der Waals surface area contributed by atoms with Gasteiger partial charge in [-0.15, -0.1) is 0 Å². The number of ether oxygens (including phenoxy) is 2. The fraction of sp³-hybridized carbons (Fsp3) is 0.455. The number of nitro benzene ring substituents is 1. The Morgan fingerprint density at radius 2 is 1.72 bits per heavy atom. The van der Waals surface area contributed by atoms with Crippen molar-refractivity contribution in [1.29, 1.82) is 0 Å². The largest absolute Gasteiger partial charge is 0.493 e. The van der Waals surface area contributed by atoms with Gasteiger partial charge in [-0.2, -0.15) is 13.2 Å². The molecule has 0 radical (unpaired) electrons. The fourth-order valence-corrected chi connectivity index (χ4v) is 3.57. The number of aryl methyl sites for hydroxylation is 1. The van der Waals surface area contributed by atoms with Crippen LogP contribution < -0.4 is 9.47 Å². The molecular formula is C22H26F3N3O4. The number of alkyl halides is 3. The van der Waals surface area contributed by atoms with Crippen LogP contribution in [0.3, 0.4) is 0 Å². The lowest BCUT2D eigenvalue weighted by atomic mass is 10.1. The van der Waals surface area contributed by atoms with Crippen molar-refractivity contribution in [3.8, 4) is 17.2 Å². The van der Waals surface area contributed by atoms with Crippen molar-refractivity contribution >= 4 is 5.69 Å². The van der Waals surface area contributed by atoms with Crippen molar-refractivity contribution in [1.82, 2.24) is 9.80 Å². The summed E-state index contributed by atoms with van der Waals surface area (Å²) in [5, 5.41) is 11.3. The maximum atomic E-state index is 12.9. The van der Waals surface area contributed by atoms with E-state index in [1.807, 2.05) is 6.07 Å². The molecule has 0 aromatic heterocycles. The van der Waals surface area contributed by atoms with Gasteiger partial charge in [0, 0.05) is 32.2 Å². The number of likely N-dealkylation sites (N-methyl/N-ethyl adjacent to an activating group) is 1. The number of piperazine rings is 1. The van der Waals surface area contributed by atoms with E-state index in [0.717, 1.165) is 63.3 Å². The van der Waals surface area contributed by atoms with Crippen molar-refractivity contribution in [2.75, 3.05) is 46.9 Å². The molecule has 1 fully saturated rings. The first-order chi connectivity index (χ1) is 15.2. The molecule has 0 N–H and O–H groups in total. The van der Waals surface area contributed by atoms with Crippen LogP contribution in [0.5, 0.6) is 17.2 Å². The topological polar surface area (TPSA) is 68.1 Å². The first-order valence-corrected chi connectivity index (χ1v) is 10.3. The number of nitro groups is 1. The summed E-state index contributed by atoms with van der Waals surface area (Å²) in [5.74, 6) is 0.263. The van der Waals surface area contributed by atoms with E-state index >= 15 is 0 Å². The maximum Gasteiger partial charge on any atom is 0.416 e. The summed E-state index contributed by atoms with van der Waals surface area (Å²) in [6.45, 7) is 5.23. The molecular weight excluding hydrogens is 427 g/mol. The van der Waals surface area contributed by atoms with E-state index in [2.05, 4.69) is 16.8 Å². The van der Waals surface area contributed by atoms with Gasteiger partial charge in [0.15, 0.2) is 11.5 Å². The highest BCUT2D eigenvalue weighted by Crippen LogP contribution is 2.40. The van der Waals surface area contributed by atoms with E-state index < -0.39 is 22.4 Å². The molecule has 174 valence electrons. The van der Waals surface area contributed by atoms with Crippen LogP contribution in [0, 0.1) is 10.1 Å². The minimum atomic E-state index is -4.69. The Kier molecular flexibility index (Phi) is 7.57. The summed E-state index contributed by atoms with van der Waals surface area (Å²) in [6.07, 6.45) is -2.90. The first kappa shape index (κ1) is 23.8. The van der Waals surface area contributed by atoms with Gasteiger partial charge >= 0.3 is 11.9 Å². The Hall–Kier alpha value is -2.85. The van der Waals surface area contributed by atoms with E-state index in [9.17, 15) is 23.3 Å². The van der Waals surface area contributed by atoms with Crippen LogP contribution in [0.1, 0.15) is 17.5 Å². The quantitative estimate of drug-likeness (QED) is 0.430. The van der Waals surface area contributed by atoms with Crippen LogP contribution >= 0.6 is 0 Å². The van der Waals surface area contributed by atoms with Gasteiger partial charge in [0.25, 0.3) is 0 Å². The van der Waals surface area contributed by atoms with Crippen molar-refractivity contribution in [2.45, 2.75) is 19.0 Å². The molecule has 3 rings (SSSR count). The molecule has 1 aliphatic heterocycles. The van der Waals surface area contributed by atoms with E-state index in [4.69, 9.17) is 9.47 Å². The standard InChI is InChI=1S/C22H26F3N3O4/c1-26-10-12-27(13-11-26)9-3-4-16-5-7-20(21(14-16)31-2)32-19-8-6-17(22(23,24)25)15-18(19)28(29)30/h5-8,14-15H,3-4,9-13H2,1-2H3. The second kappa shape index (κ2) is 10.2. The van der Waals surface area contributed by atoms with Crippen LogP contribution in [0.25, 0.3) is 0 Å². The monoisotopic (exact) mass is 453 g/mol. The number of methoxy groups -OCH3 is 1. The average molecular weight is 453 g/mol. The Balaban J connectivity index is 1.69. The zero-order valence-electron chi connectivity index (χ0n) is 18.0. The number of hydrogen-bond donors (Lipinski definition) is 0. The van der Waals surface area contributed by atoms with Gasteiger partial charge in [-0.25, -0.2) is 0 Å². The normalized spacial score (nSPS) is 15.5. The number of nitrogens with zero attached hydrogens (tertiary/aromatic N) is 3. The smallest absolute Gasteiger partial charge is 0.416 e. The summed E-state index contributed by atoms with van der Waals surface area (Å²) in [4.78, 5) is 15.1. The summed E-state index contributed by atoms with van der Waals surface area (Å²) in [7, 11) is 3.56. The van der Waals surface area contributed by atoms with Crippen LogP contribution in [0.2, 0.25) is 0 Å². The molecule has 1 aliphatic rings. The third-order valence-electron chi connectivity index (χ3n) is 5.47. The Morgan fingerprint density at radius 1 is 1.03 bits per heavy atom. The molecule has 0 aliphatic carbocycles. The predicted octanol–water partition coefficient (Wildman–Crippen LogP) is 4.59. The highest BCUT2D eigenvalue weighted by molar-refractivity contribution is 5.53. The molecule has 0 bridgehead atoms. The number of halogens is 3. The summed E-state index contributed by atoms with van der Waals surface area (Å²) in [5.41, 5.74) is -0.859. The van der Waals surface area contributed by atoms with Crippen LogP contribution in [0.4, 0.5) is 18.9 Å². The lowest BCUT2D eigenvalue weighted by Crippen LogP contribution is -2.44. The molecule has 1 heterocycles. The molecule has 2 aromatic carbocycles. The lowest BCUT2D eigenvalue weighted by molar-refractivity contribution is -0.385. The zero-order valence-corrected chi connectivity index (χ0v) is 18.0. The summed E-state index contributed by atoms with van der Waals surface area (Å²) < 4.78 is 49.6.